The van der Waals surface area contributed by atoms with E-state index >= 15 is 0 Å². The Hall–Kier alpha value is -4.68. The lowest BCUT2D eigenvalue weighted by Crippen LogP contribution is -2.37. The third kappa shape index (κ3) is 3.56. The Kier molecular flexibility index (Phi) is 5.88. The van der Waals surface area contributed by atoms with Crippen molar-refractivity contribution in [1.82, 2.24) is 4.90 Å². The maximum absolute atomic E-state index is 14.0. The molecule has 2 aliphatic rings. The van der Waals surface area contributed by atoms with Crippen LogP contribution in [0.3, 0.4) is 0 Å². The summed E-state index contributed by atoms with van der Waals surface area (Å²) in [6.07, 6.45) is 5.33. The van der Waals surface area contributed by atoms with Crippen molar-refractivity contribution in [3.05, 3.63) is 120 Å². The van der Waals surface area contributed by atoms with Crippen molar-refractivity contribution >= 4 is 11.9 Å². The largest absolute Gasteiger partial charge is 0.490 e. The van der Waals surface area contributed by atoms with E-state index in [-0.39, 0.29) is 5.78 Å². The lowest BCUT2D eigenvalue weighted by Gasteiger charge is -2.34. The van der Waals surface area contributed by atoms with Crippen LogP contribution >= 0.6 is 0 Å². The third-order valence-corrected chi connectivity index (χ3v) is 6.95. The van der Waals surface area contributed by atoms with Gasteiger partial charge in [0.1, 0.15) is 24.2 Å². The standard InChI is InChI=1S/C30H22FN3O2/c1-2-17-36-24-13-9-21(10-14-24)26-27(28(35)22-7-11-23(31)12-8-22)34-16-15-20-5-3-4-6-25(20)29(34)30(26,18-32)19-33/h2-16,26-27,29H,1,17H2. The summed E-state index contributed by atoms with van der Waals surface area (Å²) in [4.78, 5) is 15.8. The van der Waals surface area contributed by atoms with E-state index < -0.39 is 29.2 Å². The summed E-state index contributed by atoms with van der Waals surface area (Å²) in [7, 11) is 0. The van der Waals surface area contributed by atoms with Crippen LogP contribution in [0.5, 0.6) is 5.75 Å². The lowest BCUT2D eigenvalue weighted by molar-refractivity contribution is 0.0874. The summed E-state index contributed by atoms with van der Waals surface area (Å²) < 4.78 is 19.2. The average molecular weight is 476 g/mol. The third-order valence-electron chi connectivity index (χ3n) is 6.95. The normalized spacial score (nSPS) is 21.0. The fourth-order valence-electron chi connectivity index (χ4n) is 5.38. The van der Waals surface area contributed by atoms with E-state index in [4.69, 9.17) is 4.74 Å². The quantitative estimate of drug-likeness (QED) is 0.333. The van der Waals surface area contributed by atoms with Gasteiger partial charge in [0.25, 0.3) is 0 Å². The first-order valence-electron chi connectivity index (χ1n) is 11.5. The smallest absolute Gasteiger partial charge is 0.185 e. The molecule has 0 spiro atoms. The van der Waals surface area contributed by atoms with E-state index in [0.29, 0.717) is 23.5 Å². The second kappa shape index (κ2) is 9.17. The number of hydrogen-bond acceptors (Lipinski definition) is 5. The molecular formula is C30H22FN3O2. The van der Waals surface area contributed by atoms with E-state index in [2.05, 4.69) is 18.7 Å². The van der Waals surface area contributed by atoms with E-state index in [1.54, 1.807) is 36.5 Å². The zero-order valence-electron chi connectivity index (χ0n) is 19.3. The molecule has 3 aromatic carbocycles. The van der Waals surface area contributed by atoms with Crippen molar-refractivity contribution in [2.45, 2.75) is 18.0 Å². The Morgan fingerprint density at radius 2 is 1.75 bits per heavy atom. The maximum atomic E-state index is 14.0. The SMILES string of the molecule is C=CCOc1ccc(C2C(C(=O)c3ccc(F)cc3)N3C=Cc4ccccc4C3C2(C#N)C#N)cc1. The summed E-state index contributed by atoms with van der Waals surface area (Å²) in [5, 5.41) is 21.1. The number of benzene rings is 3. The molecule has 0 saturated carbocycles. The van der Waals surface area contributed by atoms with Gasteiger partial charge in [-0.25, -0.2) is 4.39 Å². The molecule has 36 heavy (non-hydrogen) atoms. The number of rotatable bonds is 6. The molecule has 3 atom stereocenters. The lowest BCUT2D eigenvalue weighted by atomic mass is 9.67. The highest BCUT2D eigenvalue weighted by molar-refractivity contribution is 6.01. The molecule has 0 radical (unpaired) electrons. The first-order valence-corrected chi connectivity index (χ1v) is 11.5. The van der Waals surface area contributed by atoms with E-state index in [0.717, 1.165) is 11.1 Å². The fourth-order valence-corrected chi connectivity index (χ4v) is 5.38. The molecule has 0 aromatic heterocycles. The van der Waals surface area contributed by atoms with Crippen LogP contribution in [0.15, 0.2) is 91.7 Å². The first kappa shape index (κ1) is 23.1. The van der Waals surface area contributed by atoms with Crippen LogP contribution in [0.2, 0.25) is 0 Å². The zero-order chi connectivity index (χ0) is 25.3. The minimum atomic E-state index is -1.56. The summed E-state index contributed by atoms with van der Waals surface area (Å²) in [5.74, 6) is -0.897. The Balaban J connectivity index is 1.70. The van der Waals surface area contributed by atoms with Gasteiger partial charge in [0.2, 0.25) is 0 Å². The molecule has 5 nitrogen and oxygen atoms in total. The summed E-state index contributed by atoms with van der Waals surface area (Å²) in [5.41, 5.74) is 1.13. The number of nitrogens with zero attached hydrogens (tertiary/aromatic N) is 3. The number of ether oxygens (including phenoxy) is 1. The van der Waals surface area contributed by atoms with Crippen molar-refractivity contribution in [2.24, 2.45) is 5.41 Å². The van der Waals surface area contributed by atoms with Gasteiger partial charge in [-0.15, -0.1) is 0 Å². The minimum absolute atomic E-state index is 0.284. The van der Waals surface area contributed by atoms with Gasteiger partial charge in [0.15, 0.2) is 11.2 Å². The molecule has 0 aliphatic carbocycles. The van der Waals surface area contributed by atoms with Crippen LogP contribution in [0.4, 0.5) is 4.39 Å². The predicted octanol–water partition coefficient (Wildman–Crippen LogP) is 5.80. The highest BCUT2D eigenvalue weighted by Crippen LogP contribution is 2.60. The Morgan fingerprint density at radius 3 is 2.42 bits per heavy atom. The Labute approximate surface area is 209 Å². The van der Waals surface area contributed by atoms with E-state index in [9.17, 15) is 19.7 Å². The molecule has 3 aromatic rings. The van der Waals surface area contributed by atoms with Gasteiger partial charge in [-0.05, 0) is 59.2 Å². The molecule has 5 rings (SSSR count). The molecule has 1 fully saturated rings. The number of fused-ring (bicyclic) bond motifs is 3. The summed E-state index contributed by atoms with van der Waals surface area (Å²) in [6, 6.07) is 23.2. The highest BCUT2D eigenvalue weighted by atomic mass is 19.1. The Bertz CT molecular complexity index is 1420. The number of halogens is 1. The predicted molar refractivity (Wildman–Crippen MR) is 133 cm³/mol. The van der Waals surface area contributed by atoms with E-state index in [1.165, 1.54) is 24.3 Å². The van der Waals surface area contributed by atoms with E-state index in [1.807, 2.05) is 35.2 Å². The van der Waals surface area contributed by atoms with Crippen molar-refractivity contribution < 1.29 is 13.9 Å². The number of hydrogen-bond donors (Lipinski definition) is 0. The molecular weight excluding hydrogens is 453 g/mol. The second-order valence-corrected chi connectivity index (χ2v) is 8.85. The van der Waals surface area contributed by atoms with Gasteiger partial charge in [0, 0.05) is 17.7 Å². The van der Waals surface area contributed by atoms with Crippen molar-refractivity contribution in [1.29, 1.82) is 10.5 Å². The minimum Gasteiger partial charge on any atom is -0.490 e. The Morgan fingerprint density at radius 1 is 1.06 bits per heavy atom. The number of nitriles is 2. The molecule has 2 aliphatic heterocycles. The summed E-state index contributed by atoms with van der Waals surface area (Å²) in [6.45, 7) is 3.99. The molecule has 176 valence electrons. The van der Waals surface area contributed by atoms with Crippen molar-refractivity contribution in [3.8, 4) is 17.9 Å². The van der Waals surface area contributed by atoms with Crippen LogP contribution in [0.1, 0.15) is 39.0 Å². The molecule has 0 amide bonds. The van der Waals surface area contributed by atoms with Gasteiger partial charge in [-0.1, -0.05) is 49.1 Å². The van der Waals surface area contributed by atoms with Gasteiger partial charge < -0.3 is 9.64 Å². The number of ketones is 1. The second-order valence-electron chi connectivity index (χ2n) is 8.85. The van der Waals surface area contributed by atoms with Gasteiger partial charge in [-0.3, -0.25) is 4.79 Å². The highest BCUT2D eigenvalue weighted by Gasteiger charge is 2.63. The molecule has 6 heteroatoms. The molecule has 0 bridgehead atoms. The molecule has 0 N–H and O–H groups in total. The zero-order valence-corrected chi connectivity index (χ0v) is 19.3. The van der Waals surface area contributed by atoms with Crippen molar-refractivity contribution in [3.63, 3.8) is 0 Å². The van der Waals surface area contributed by atoms with Crippen LogP contribution in [-0.4, -0.2) is 23.3 Å². The average Bonchev–Trinajstić information content (AvgIpc) is 3.23. The number of carbonyl (C=O) groups excluding carboxylic acids is 1. The van der Waals surface area contributed by atoms with Crippen molar-refractivity contribution in [2.75, 3.05) is 6.61 Å². The first-order chi connectivity index (χ1) is 17.5. The number of carbonyl (C=O) groups is 1. The van der Waals surface area contributed by atoms with Crippen LogP contribution in [-0.2, 0) is 0 Å². The van der Waals surface area contributed by atoms with Gasteiger partial charge >= 0.3 is 0 Å². The monoisotopic (exact) mass is 475 g/mol. The topological polar surface area (TPSA) is 77.1 Å². The van der Waals surface area contributed by atoms with Gasteiger partial charge in [0.05, 0.1) is 18.2 Å². The maximum Gasteiger partial charge on any atom is 0.185 e. The molecule has 2 heterocycles. The van der Waals surface area contributed by atoms with Crippen LogP contribution in [0.25, 0.3) is 6.08 Å². The molecule has 1 saturated heterocycles. The summed E-state index contributed by atoms with van der Waals surface area (Å²) >= 11 is 0. The van der Waals surface area contributed by atoms with Gasteiger partial charge in [-0.2, -0.15) is 10.5 Å². The van der Waals surface area contributed by atoms with Crippen LogP contribution < -0.4 is 4.74 Å². The molecule has 3 unspecified atom stereocenters. The fraction of sp³-hybridized carbons (Fsp3) is 0.167. The number of Topliss-reactive ketones (excluding diaryl/α,β-unsaturated/α-hetero) is 1. The van der Waals surface area contributed by atoms with Crippen LogP contribution in [0, 0.1) is 33.9 Å².